The van der Waals surface area contributed by atoms with Crippen LogP contribution >= 0.6 is 0 Å². The van der Waals surface area contributed by atoms with Gasteiger partial charge in [0.15, 0.2) is 0 Å². The van der Waals surface area contributed by atoms with Gasteiger partial charge in [-0.25, -0.2) is 0 Å². The van der Waals surface area contributed by atoms with Crippen LogP contribution in [0.15, 0.2) is 36.4 Å². The number of ether oxygens (including phenoxy) is 2. The molecule has 2 fully saturated rings. The van der Waals surface area contributed by atoms with Crippen molar-refractivity contribution in [2.75, 3.05) is 66.1 Å². The Labute approximate surface area is 224 Å². The lowest BCUT2D eigenvalue weighted by Crippen LogP contribution is -2.35. The van der Waals surface area contributed by atoms with Crippen LogP contribution in [0.5, 0.6) is 11.5 Å². The summed E-state index contributed by atoms with van der Waals surface area (Å²) in [6, 6.07) is 12.7. The zero-order valence-electron chi connectivity index (χ0n) is 23.2. The molecule has 6 nitrogen and oxygen atoms in total. The van der Waals surface area contributed by atoms with Crippen molar-refractivity contribution >= 4 is 0 Å². The van der Waals surface area contributed by atoms with Crippen LogP contribution in [-0.2, 0) is 0 Å². The minimum Gasteiger partial charge on any atom is -0.493 e. The standard InChI is InChI=1S/C31H47N3O3/c1-24-28(8-4-10-30(24)36-20-6-15-32-22-26-12-17-33(3)18-13-26)29-9-5-11-31(25(29)2)37-21-7-16-34-19-14-27(35)23-34/h4-5,8-11,26-27,32,35H,6-7,12-23H2,1-3H3/t27-/m1/s1. The van der Waals surface area contributed by atoms with E-state index in [2.05, 4.69) is 72.4 Å². The molecule has 0 spiro atoms. The van der Waals surface area contributed by atoms with Gasteiger partial charge in [0, 0.05) is 19.6 Å². The molecule has 1 atom stereocenters. The molecule has 4 rings (SSSR count). The lowest BCUT2D eigenvalue weighted by Gasteiger charge is -2.29. The molecule has 0 aromatic heterocycles. The van der Waals surface area contributed by atoms with E-state index in [0.717, 1.165) is 81.6 Å². The van der Waals surface area contributed by atoms with Crippen molar-refractivity contribution in [3.63, 3.8) is 0 Å². The molecule has 0 radical (unpaired) electrons. The molecule has 0 bridgehead atoms. The van der Waals surface area contributed by atoms with E-state index >= 15 is 0 Å². The van der Waals surface area contributed by atoms with E-state index in [9.17, 15) is 5.11 Å². The van der Waals surface area contributed by atoms with Gasteiger partial charge >= 0.3 is 0 Å². The number of nitrogens with one attached hydrogen (secondary N) is 1. The lowest BCUT2D eigenvalue weighted by molar-refractivity contribution is 0.173. The van der Waals surface area contributed by atoms with Crippen LogP contribution in [-0.4, -0.2) is 87.1 Å². The summed E-state index contributed by atoms with van der Waals surface area (Å²) in [6.45, 7) is 13.0. The van der Waals surface area contributed by atoms with E-state index in [1.54, 1.807) is 0 Å². The Kier molecular flexibility index (Phi) is 10.7. The van der Waals surface area contributed by atoms with Crippen LogP contribution in [0, 0.1) is 19.8 Å². The first-order valence-corrected chi connectivity index (χ1v) is 14.3. The van der Waals surface area contributed by atoms with Crippen molar-refractivity contribution < 1.29 is 14.6 Å². The van der Waals surface area contributed by atoms with Crippen LogP contribution < -0.4 is 14.8 Å². The first-order valence-electron chi connectivity index (χ1n) is 14.3. The Hall–Kier alpha value is -2.12. The number of aliphatic hydroxyl groups excluding tert-OH is 1. The number of β-amino-alcohol motifs (C(OH)–C–C–N with tert-alkyl or cyclic N) is 1. The smallest absolute Gasteiger partial charge is 0.122 e. The van der Waals surface area contributed by atoms with E-state index in [1.165, 1.54) is 42.6 Å². The van der Waals surface area contributed by atoms with Crippen molar-refractivity contribution in [2.24, 2.45) is 5.92 Å². The fourth-order valence-corrected chi connectivity index (χ4v) is 5.56. The Morgan fingerprint density at radius 3 is 2.08 bits per heavy atom. The van der Waals surface area contributed by atoms with E-state index < -0.39 is 0 Å². The summed E-state index contributed by atoms with van der Waals surface area (Å²) in [5.74, 6) is 2.73. The summed E-state index contributed by atoms with van der Waals surface area (Å²) in [4.78, 5) is 4.74. The van der Waals surface area contributed by atoms with Gasteiger partial charge in [0.2, 0.25) is 0 Å². The van der Waals surface area contributed by atoms with Gasteiger partial charge in [0.1, 0.15) is 11.5 Å². The van der Waals surface area contributed by atoms with E-state index in [1.807, 2.05) is 0 Å². The summed E-state index contributed by atoms with van der Waals surface area (Å²) in [5.41, 5.74) is 4.74. The largest absolute Gasteiger partial charge is 0.493 e. The summed E-state index contributed by atoms with van der Waals surface area (Å²) in [6.07, 6.45) is 5.32. The number of nitrogens with zero attached hydrogens (tertiary/aromatic N) is 2. The molecule has 2 saturated heterocycles. The topological polar surface area (TPSA) is 57.2 Å². The van der Waals surface area contributed by atoms with Crippen LogP contribution in [0.3, 0.4) is 0 Å². The number of aliphatic hydroxyl groups is 1. The van der Waals surface area contributed by atoms with Crippen molar-refractivity contribution in [3.05, 3.63) is 47.5 Å². The third-order valence-corrected chi connectivity index (χ3v) is 8.01. The lowest BCUT2D eigenvalue weighted by atomic mass is 9.95. The van der Waals surface area contributed by atoms with Crippen molar-refractivity contribution in [1.82, 2.24) is 15.1 Å². The molecule has 2 aromatic carbocycles. The highest BCUT2D eigenvalue weighted by Crippen LogP contribution is 2.35. The highest BCUT2D eigenvalue weighted by Gasteiger charge is 2.19. The average molecular weight is 510 g/mol. The molecule has 2 N–H and O–H groups in total. The fourth-order valence-electron chi connectivity index (χ4n) is 5.56. The molecule has 2 aliphatic rings. The first kappa shape index (κ1) is 27.9. The fraction of sp³-hybridized carbons (Fsp3) is 0.613. The SMILES string of the molecule is Cc1c(OCCCNCC2CCN(C)CC2)cccc1-c1cccc(OCCCN2CC[C@@H](O)C2)c1C. The van der Waals surface area contributed by atoms with Gasteiger partial charge < -0.3 is 29.7 Å². The number of benzene rings is 2. The van der Waals surface area contributed by atoms with Gasteiger partial charge in [-0.15, -0.1) is 0 Å². The zero-order chi connectivity index (χ0) is 26.0. The molecule has 0 unspecified atom stereocenters. The molecule has 0 aliphatic carbocycles. The Morgan fingerprint density at radius 2 is 1.49 bits per heavy atom. The van der Waals surface area contributed by atoms with Gasteiger partial charge in [-0.1, -0.05) is 24.3 Å². The first-order chi connectivity index (χ1) is 18.0. The number of likely N-dealkylation sites (tertiary alicyclic amines) is 2. The quantitative estimate of drug-likeness (QED) is 0.388. The Morgan fingerprint density at radius 1 is 0.865 bits per heavy atom. The average Bonchev–Trinajstić information content (AvgIpc) is 3.32. The van der Waals surface area contributed by atoms with Gasteiger partial charge in [-0.05, 0) is 119 Å². The van der Waals surface area contributed by atoms with E-state index in [-0.39, 0.29) is 6.10 Å². The number of piperidine rings is 1. The highest BCUT2D eigenvalue weighted by molar-refractivity contribution is 5.74. The predicted molar refractivity (Wildman–Crippen MR) is 152 cm³/mol. The van der Waals surface area contributed by atoms with Crippen LogP contribution in [0.1, 0.15) is 43.2 Å². The summed E-state index contributed by atoms with van der Waals surface area (Å²) in [5, 5.41) is 13.3. The predicted octanol–water partition coefficient (Wildman–Crippen LogP) is 4.51. The van der Waals surface area contributed by atoms with Gasteiger partial charge in [0.25, 0.3) is 0 Å². The second kappa shape index (κ2) is 14.1. The molecule has 204 valence electrons. The van der Waals surface area contributed by atoms with Crippen LogP contribution in [0.2, 0.25) is 0 Å². The Balaban J connectivity index is 1.24. The van der Waals surface area contributed by atoms with Crippen LogP contribution in [0.4, 0.5) is 0 Å². The van der Waals surface area contributed by atoms with Crippen molar-refractivity contribution in [1.29, 1.82) is 0 Å². The number of rotatable bonds is 13. The molecule has 37 heavy (non-hydrogen) atoms. The second-order valence-corrected chi connectivity index (χ2v) is 11.0. The summed E-state index contributed by atoms with van der Waals surface area (Å²) < 4.78 is 12.4. The maximum Gasteiger partial charge on any atom is 0.122 e. The summed E-state index contributed by atoms with van der Waals surface area (Å²) in [7, 11) is 2.22. The second-order valence-electron chi connectivity index (χ2n) is 11.0. The molecule has 0 saturated carbocycles. The number of hydrogen-bond acceptors (Lipinski definition) is 6. The normalized spacial score (nSPS) is 19.4. The highest BCUT2D eigenvalue weighted by atomic mass is 16.5. The third kappa shape index (κ3) is 8.18. The minimum absolute atomic E-state index is 0.159. The maximum atomic E-state index is 9.70. The van der Waals surface area contributed by atoms with Crippen molar-refractivity contribution in [3.8, 4) is 22.6 Å². The minimum atomic E-state index is -0.159. The summed E-state index contributed by atoms with van der Waals surface area (Å²) >= 11 is 0. The van der Waals surface area contributed by atoms with Gasteiger partial charge in [-0.2, -0.15) is 0 Å². The molecular weight excluding hydrogens is 462 g/mol. The molecule has 6 heteroatoms. The third-order valence-electron chi connectivity index (χ3n) is 8.01. The number of hydrogen-bond donors (Lipinski definition) is 2. The molecule has 2 aromatic rings. The molecule has 0 amide bonds. The zero-order valence-corrected chi connectivity index (χ0v) is 23.2. The van der Waals surface area contributed by atoms with Crippen LogP contribution in [0.25, 0.3) is 11.1 Å². The van der Waals surface area contributed by atoms with E-state index in [0.29, 0.717) is 6.61 Å². The molecule has 2 aliphatic heterocycles. The monoisotopic (exact) mass is 509 g/mol. The maximum absolute atomic E-state index is 9.70. The van der Waals surface area contributed by atoms with Gasteiger partial charge in [0.05, 0.1) is 19.3 Å². The molecule has 2 heterocycles. The Bertz CT molecular complexity index is 974. The van der Waals surface area contributed by atoms with Gasteiger partial charge in [-0.3, -0.25) is 0 Å². The van der Waals surface area contributed by atoms with Crippen molar-refractivity contribution in [2.45, 2.75) is 52.1 Å². The molecular formula is C31H47N3O3. The van der Waals surface area contributed by atoms with E-state index in [4.69, 9.17) is 9.47 Å².